The van der Waals surface area contributed by atoms with E-state index in [1.807, 2.05) is 6.92 Å². The maximum atomic E-state index is 11.6. The standard InChI is InChI=1S/C10H13ClN2O/c1-7(6-12)13-10(14)8-4-2-3-5-9(8)11/h2-5,7H,6,12H2,1H3,(H,13,14)/t7-/m1/s1. The monoisotopic (exact) mass is 212 g/mol. The summed E-state index contributed by atoms with van der Waals surface area (Å²) < 4.78 is 0. The number of hydrogen-bond donors (Lipinski definition) is 2. The van der Waals surface area contributed by atoms with E-state index in [1.165, 1.54) is 0 Å². The van der Waals surface area contributed by atoms with Gasteiger partial charge in [0.2, 0.25) is 0 Å². The van der Waals surface area contributed by atoms with E-state index in [9.17, 15) is 4.79 Å². The highest BCUT2D eigenvalue weighted by Gasteiger charge is 2.10. The number of carbonyl (C=O) groups excluding carboxylic acids is 1. The first-order valence-corrected chi connectivity index (χ1v) is 4.78. The third-order valence-electron chi connectivity index (χ3n) is 1.85. The zero-order valence-electron chi connectivity index (χ0n) is 7.96. The Labute approximate surface area is 88.2 Å². The van der Waals surface area contributed by atoms with E-state index >= 15 is 0 Å². The molecule has 0 aliphatic heterocycles. The van der Waals surface area contributed by atoms with Gasteiger partial charge in [-0.1, -0.05) is 23.7 Å². The maximum Gasteiger partial charge on any atom is 0.253 e. The summed E-state index contributed by atoms with van der Waals surface area (Å²) in [5, 5.41) is 3.19. The number of amides is 1. The van der Waals surface area contributed by atoms with Crippen LogP contribution in [0.1, 0.15) is 17.3 Å². The number of nitrogens with two attached hydrogens (primary N) is 1. The van der Waals surface area contributed by atoms with Crippen molar-refractivity contribution in [3.05, 3.63) is 34.9 Å². The van der Waals surface area contributed by atoms with E-state index < -0.39 is 0 Å². The summed E-state index contributed by atoms with van der Waals surface area (Å²) in [6, 6.07) is 6.88. The Bertz CT molecular complexity index is 328. The molecule has 3 nitrogen and oxygen atoms in total. The number of nitrogens with one attached hydrogen (secondary N) is 1. The number of carbonyl (C=O) groups is 1. The molecule has 0 bridgehead atoms. The van der Waals surface area contributed by atoms with Crippen LogP contribution in [-0.2, 0) is 0 Å². The Morgan fingerprint density at radius 1 is 1.57 bits per heavy atom. The van der Waals surface area contributed by atoms with Crippen LogP contribution < -0.4 is 11.1 Å². The van der Waals surface area contributed by atoms with Crippen molar-refractivity contribution in [1.82, 2.24) is 5.32 Å². The van der Waals surface area contributed by atoms with Crippen molar-refractivity contribution < 1.29 is 4.79 Å². The van der Waals surface area contributed by atoms with Crippen LogP contribution in [0.2, 0.25) is 5.02 Å². The Hall–Kier alpha value is -1.06. The number of hydrogen-bond acceptors (Lipinski definition) is 2. The predicted molar refractivity (Wildman–Crippen MR) is 57.4 cm³/mol. The Morgan fingerprint density at radius 2 is 2.21 bits per heavy atom. The van der Waals surface area contributed by atoms with Gasteiger partial charge in [0.1, 0.15) is 0 Å². The van der Waals surface area contributed by atoms with E-state index in [0.29, 0.717) is 17.1 Å². The summed E-state index contributed by atoms with van der Waals surface area (Å²) >= 11 is 5.85. The molecule has 0 saturated heterocycles. The zero-order valence-corrected chi connectivity index (χ0v) is 8.71. The van der Waals surface area contributed by atoms with E-state index in [1.54, 1.807) is 24.3 Å². The molecule has 3 N–H and O–H groups in total. The lowest BCUT2D eigenvalue weighted by atomic mass is 10.2. The van der Waals surface area contributed by atoms with Gasteiger partial charge in [-0.2, -0.15) is 0 Å². The van der Waals surface area contributed by atoms with Crippen LogP contribution in [0.3, 0.4) is 0 Å². The highest BCUT2D eigenvalue weighted by Crippen LogP contribution is 2.14. The highest BCUT2D eigenvalue weighted by atomic mass is 35.5. The van der Waals surface area contributed by atoms with E-state index in [4.69, 9.17) is 17.3 Å². The lowest BCUT2D eigenvalue weighted by Crippen LogP contribution is -2.37. The largest absolute Gasteiger partial charge is 0.348 e. The van der Waals surface area contributed by atoms with Gasteiger partial charge in [-0.25, -0.2) is 0 Å². The average Bonchev–Trinajstić information content (AvgIpc) is 2.18. The normalized spacial score (nSPS) is 12.2. The van der Waals surface area contributed by atoms with E-state index in [-0.39, 0.29) is 11.9 Å². The molecule has 14 heavy (non-hydrogen) atoms. The molecular formula is C10H13ClN2O. The summed E-state index contributed by atoms with van der Waals surface area (Å²) in [7, 11) is 0. The van der Waals surface area contributed by atoms with Gasteiger partial charge in [0.15, 0.2) is 0 Å². The first-order valence-electron chi connectivity index (χ1n) is 4.40. The molecule has 0 unspecified atom stereocenters. The molecule has 76 valence electrons. The molecule has 0 radical (unpaired) electrons. The molecule has 1 rings (SSSR count). The molecular weight excluding hydrogens is 200 g/mol. The maximum absolute atomic E-state index is 11.6. The molecule has 1 atom stereocenters. The summed E-state index contributed by atoms with van der Waals surface area (Å²) in [5.74, 6) is -0.187. The predicted octanol–water partition coefficient (Wildman–Crippen LogP) is 1.42. The first kappa shape index (κ1) is 11.0. The summed E-state index contributed by atoms with van der Waals surface area (Å²) in [4.78, 5) is 11.6. The van der Waals surface area contributed by atoms with Crippen molar-refractivity contribution in [3.8, 4) is 0 Å². The molecule has 0 fully saturated rings. The van der Waals surface area contributed by atoms with Gasteiger partial charge in [0.05, 0.1) is 10.6 Å². The van der Waals surface area contributed by atoms with Gasteiger partial charge in [0.25, 0.3) is 5.91 Å². The van der Waals surface area contributed by atoms with Crippen LogP contribution in [0.15, 0.2) is 24.3 Å². The fraction of sp³-hybridized carbons (Fsp3) is 0.300. The summed E-state index contributed by atoms with van der Waals surface area (Å²) in [6.07, 6.45) is 0. The number of halogens is 1. The molecule has 1 aromatic carbocycles. The third kappa shape index (κ3) is 2.72. The third-order valence-corrected chi connectivity index (χ3v) is 2.18. The molecule has 0 aromatic heterocycles. The Morgan fingerprint density at radius 3 is 2.79 bits per heavy atom. The lowest BCUT2D eigenvalue weighted by Gasteiger charge is -2.11. The minimum Gasteiger partial charge on any atom is -0.348 e. The fourth-order valence-corrected chi connectivity index (χ4v) is 1.23. The lowest BCUT2D eigenvalue weighted by molar-refractivity contribution is 0.0941. The van der Waals surface area contributed by atoms with Crippen LogP contribution in [0.5, 0.6) is 0 Å². The number of benzene rings is 1. The van der Waals surface area contributed by atoms with Crippen molar-refractivity contribution in [3.63, 3.8) is 0 Å². The van der Waals surface area contributed by atoms with Gasteiger partial charge in [-0.3, -0.25) is 4.79 Å². The van der Waals surface area contributed by atoms with E-state index in [2.05, 4.69) is 5.32 Å². The van der Waals surface area contributed by atoms with Gasteiger partial charge in [0, 0.05) is 12.6 Å². The highest BCUT2D eigenvalue weighted by molar-refractivity contribution is 6.33. The Balaban J connectivity index is 2.75. The second-order valence-electron chi connectivity index (χ2n) is 3.09. The van der Waals surface area contributed by atoms with Gasteiger partial charge >= 0.3 is 0 Å². The second kappa shape index (κ2) is 4.98. The minimum absolute atomic E-state index is 0.0428. The van der Waals surface area contributed by atoms with Gasteiger partial charge in [-0.15, -0.1) is 0 Å². The van der Waals surface area contributed by atoms with E-state index in [0.717, 1.165) is 0 Å². The van der Waals surface area contributed by atoms with Crippen molar-refractivity contribution in [1.29, 1.82) is 0 Å². The smallest absolute Gasteiger partial charge is 0.253 e. The van der Waals surface area contributed by atoms with Crippen molar-refractivity contribution in [2.75, 3.05) is 6.54 Å². The first-order chi connectivity index (χ1) is 6.65. The quantitative estimate of drug-likeness (QED) is 0.796. The van der Waals surface area contributed by atoms with Crippen molar-refractivity contribution >= 4 is 17.5 Å². The van der Waals surface area contributed by atoms with Crippen molar-refractivity contribution in [2.45, 2.75) is 13.0 Å². The molecule has 1 aromatic rings. The SMILES string of the molecule is C[C@H](CN)NC(=O)c1ccccc1Cl. The average molecular weight is 213 g/mol. The van der Waals surface area contributed by atoms with Crippen LogP contribution >= 0.6 is 11.6 Å². The van der Waals surface area contributed by atoms with Crippen molar-refractivity contribution in [2.24, 2.45) is 5.73 Å². The summed E-state index contributed by atoms with van der Waals surface area (Å²) in [5.41, 5.74) is 5.87. The van der Waals surface area contributed by atoms with Crippen LogP contribution in [0, 0.1) is 0 Å². The van der Waals surface area contributed by atoms with Gasteiger partial charge < -0.3 is 11.1 Å². The molecule has 0 aliphatic rings. The molecule has 0 heterocycles. The second-order valence-corrected chi connectivity index (χ2v) is 3.50. The molecule has 0 aliphatic carbocycles. The number of rotatable bonds is 3. The van der Waals surface area contributed by atoms with Crippen LogP contribution in [0.4, 0.5) is 0 Å². The molecule has 0 saturated carbocycles. The van der Waals surface area contributed by atoms with Crippen LogP contribution in [0.25, 0.3) is 0 Å². The molecule has 0 spiro atoms. The van der Waals surface area contributed by atoms with Crippen LogP contribution in [-0.4, -0.2) is 18.5 Å². The molecule has 4 heteroatoms. The summed E-state index contributed by atoms with van der Waals surface area (Å²) in [6.45, 7) is 2.25. The Kier molecular flexibility index (Phi) is 3.92. The molecule has 1 amide bonds. The minimum atomic E-state index is -0.187. The van der Waals surface area contributed by atoms with Gasteiger partial charge in [-0.05, 0) is 19.1 Å². The topological polar surface area (TPSA) is 55.1 Å². The zero-order chi connectivity index (χ0) is 10.6. The fourth-order valence-electron chi connectivity index (χ4n) is 1.01.